The molecule has 0 radical (unpaired) electrons. The Morgan fingerprint density at radius 1 is 1.35 bits per heavy atom. The standard InChI is InChI=1S/C14H23ClN2O2S/c1-11(2)17-10-14(8-13(17)9-15)20(18,19)16-6-4-12(3)5-7-16/h8,10-12H,4-7,9H2,1-3H3. The van der Waals surface area contributed by atoms with Crippen LogP contribution in [0.5, 0.6) is 0 Å². The average molecular weight is 319 g/mol. The maximum absolute atomic E-state index is 12.7. The highest BCUT2D eigenvalue weighted by molar-refractivity contribution is 7.89. The number of halogens is 1. The van der Waals surface area contributed by atoms with Crippen LogP contribution < -0.4 is 0 Å². The number of hydrogen-bond acceptors (Lipinski definition) is 2. The van der Waals surface area contributed by atoms with Crippen LogP contribution in [-0.4, -0.2) is 30.4 Å². The minimum atomic E-state index is -3.38. The maximum Gasteiger partial charge on any atom is 0.244 e. The average Bonchev–Trinajstić information content (AvgIpc) is 2.84. The van der Waals surface area contributed by atoms with Crippen LogP contribution in [0.4, 0.5) is 0 Å². The molecule has 2 rings (SSSR count). The van der Waals surface area contributed by atoms with Gasteiger partial charge in [0.15, 0.2) is 0 Å². The Balaban J connectivity index is 2.30. The summed E-state index contributed by atoms with van der Waals surface area (Å²) < 4.78 is 28.9. The predicted octanol–water partition coefficient (Wildman–Crippen LogP) is 3.23. The summed E-state index contributed by atoms with van der Waals surface area (Å²) in [5.74, 6) is 0.935. The van der Waals surface area contributed by atoms with Gasteiger partial charge in [0.05, 0.1) is 5.88 Å². The van der Waals surface area contributed by atoms with Crippen LogP contribution in [0.3, 0.4) is 0 Å². The lowest BCUT2D eigenvalue weighted by atomic mass is 10.0. The predicted molar refractivity (Wildman–Crippen MR) is 81.5 cm³/mol. The molecule has 1 aliphatic rings. The van der Waals surface area contributed by atoms with Crippen molar-refractivity contribution in [2.24, 2.45) is 5.92 Å². The molecular formula is C14H23ClN2O2S. The molecule has 0 unspecified atom stereocenters. The second-order valence-electron chi connectivity index (χ2n) is 5.89. The molecule has 4 nitrogen and oxygen atoms in total. The first-order valence-corrected chi connectivity index (χ1v) is 9.10. The smallest absolute Gasteiger partial charge is 0.244 e. The van der Waals surface area contributed by atoms with Crippen molar-refractivity contribution in [2.75, 3.05) is 13.1 Å². The largest absolute Gasteiger partial charge is 0.346 e. The third-order valence-electron chi connectivity index (χ3n) is 3.98. The van der Waals surface area contributed by atoms with E-state index < -0.39 is 10.0 Å². The Morgan fingerprint density at radius 3 is 2.40 bits per heavy atom. The van der Waals surface area contributed by atoms with Crippen LogP contribution in [0.2, 0.25) is 0 Å². The molecule has 1 fully saturated rings. The van der Waals surface area contributed by atoms with E-state index in [-0.39, 0.29) is 6.04 Å². The maximum atomic E-state index is 12.7. The van der Waals surface area contributed by atoms with Crippen molar-refractivity contribution < 1.29 is 8.42 Å². The zero-order valence-electron chi connectivity index (χ0n) is 12.3. The minimum absolute atomic E-state index is 0.203. The van der Waals surface area contributed by atoms with Crippen LogP contribution in [0.1, 0.15) is 45.3 Å². The fourth-order valence-electron chi connectivity index (χ4n) is 2.60. The molecule has 6 heteroatoms. The van der Waals surface area contributed by atoms with Gasteiger partial charge in [-0.25, -0.2) is 8.42 Å². The van der Waals surface area contributed by atoms with Gasteiger partial charge in [-0.2, -0.15) is 4.31 Å². The number of rotatable bonds is 4. The molecule has 2 heterocycles. The van der Waals surface area contributed by atoms with Gasteiger partial charge >= 0.3 is 0 Å². The van der Waals surface area contributed by atoms with Crippen molar-refractivity contribution in [1.29, 1.82) is 0 Å². The number of piperidine rings is 1. The Kier molecular flexibility index (Phi) is 4.82. The molecule has 0 aliphatic carbocycles. The third kappa shape index (κ3) is 3.05. The van der Waals surface area contributed by atoms with Crippen molar-refractivity contribution >= 4 is 21.6 Å². The molecule has 0 atom stereocenters. The first-order valence-electron chi connectivity index (χ1n) is 7.13. The van der Waals surface area contributed by atoms with Gasteiger partial charge in [0.25, 0.3) is 0 Å². The Hall–Kier alpha value is -0.520. The highest BCUT2D eigenvalue weighted by atomic mass is 35.5. The second kappa shape index (κ2) is 6.08. The summed E-state index contributed by atoms with van der Waals surface area (Å²) in [4.78, 5) is 0.372. The van der Waals surface area contributed by atoms with E-state index in [1.165, 1.54) is 0 Å². The first kappa shape index (κ1) is 15.9. The molecule has 0 aromatic carbocycles. The zero-order chi connectivity index (χ0) is 14.9. The normalized spacial score (nSPS) is 18.9. The summed E-state index contributed by atoms with van der Waals surface area (Å²) in [6, 6.07) is 1.91. The van der Waals surface area contributed by atoms with Gasteiger partial charge in [0, 0.05) is 31.0 Å². The van der Waals surface area contributed by atoms with E-state index in [9.17, 15) is 8.42 Å². The summed E-state index contributed by atoms with van der Waals surface area (Å²) in [6.45, 7) is 7.45. The van der Waals surface area contributed by atoms with E-state index in [0.717, 1.165) is 18.5 Å². The monoisotopic (exact) mass is 318 g/mol. The highest BCUT2D eigenvalue weighted by Gasteiger charge is 2.29. The summed E-state index contributed by atoms with van der Waals surface area (Å²) in [5.41, 5.74) is 0.852. The van der Waals surface area contributed by atoms with Gasteiger partial charge in [0.1, 0.15) is 4.90 Å². The molecule has 0 N–H and O–H groups in total. The molecule has 114 valence electrons. The molecular weight excluding hydrogens is 296 g/mol. The number of nitrogens with zero attached hydrogens (tertiary/aromatic N) is 2. The fourth-order valence-corrected chi connectivity index (χ4v) is 4.34. The Labute approximate surface area is 126 Å². The Morgan fingerprint density at radius 2 is 1.95 bits per heavy atom. The van der Waals surface area contributed by atoms with E-state index in [2.05, 4.69) is 6.92 Å². The van der Waals surface area contributed by atoms with E-state index in [1.54, 1.807) is 16.6 Å². The van der Waals surface area contributed by atoms with Gasteiger partial charge in [-0.1, -0.05) is 6.92 Å². The Bertz CT molecular complexity index is 558. The minimum Gasteiger partial charge on any atom is -0.346 e. The molecule has 1 aliphatic heterocycles. The molecule has 1 aromatic heterocycles. The number of alkyl halides is 1. The number of hydrogen-bond donors (Lipinski definition) is 0. The van der Waals surface area contributed by atoms with Crippen LogP contribution in [0, 0.1) is 5.92 Å². The quantitative estimate of drug-likeness (QED) is 0.800. The van der Waals surface area contributed by atoms with Crippen LogP contribution in [0.15, 0.2) is 17.2 Å². The fraction of sp³-hybridized carbons (Fsp3) is 0.714. The van der Waals surface area contributed by atoms with Crippen molar-refractivity contribution in [3.05, 3.63) is 18.0 Å². The molecule has 20 heavy (non-hydrogen) atoms. The lowest BCUT2D eigenvalue weighted by Crippen LogP contribution is -2.37. The lowest BCUT2D eigenvalue weighted by Gasteiger charge is -2.29. The van der Waals surface area contributed by atoms with Crippen molar-refractivity contribution in [3.8, 4) is 0 Å². The first-order chi connectivity index (χ1) is 9.36. The van der Waals surface area contributed by atoms with Crippen molar-refractivity contribution in [2.45, 2.75) is 50.4 Å². The van der Waals surface area contributed by atoms with Crippen LogP contribution in [0.25, 0.3) is 0 Å². The van der Waals surface area contributed by atoms with Crippen LogP contribution >= 0.6 is 11.6 Å². The summed E-state index contributed by atoms with van der Waals surface area (Å²) in [6.07, 6.45) is 3.59. The van der Waals surface area contributed by atoms with Gasteiger partial charge < -0.3 is 4.57 Å². The molecule has 0 saturated carbocycles. The molecule has 0 spiro atoms. The number of aromatic nitrogens is 1. The second-order valence-corrected chi connectivity index (χ2v) is 8.09. The van der Waals surface area contributed by atoms with Gasteiger partial charge in [0.2, 0.25) is 10.0 Å². The van der Waals surface area contributed by atoms with E-state index in [0.29, 0.717) is 29.8 Å². The molecule has 0 amide bonds. The molecule has 1 aromatic rings. The topological polar surface area (TPSA) is 42.3 Å². The van der Waals surface area contributed by atoms with Gasteiger partial charge in [-0.3, -0.25) is 0 Å². The summed E-state index contributed by atoms with van der Waals surface area (Å²) >= 11 is 5.92. The van der Waals surface area contributed by atoms with E-state index in [1.807, 2.05) is 18.4 Å². The summed E-state index contributed by atoms with van der Waals surface area (Å²) in [7, 11) is -3.38. The SMILES string of the molecule is CC1CCN(S(=O)(=O)c2cc(CCl)n(C(C)C)c2)CC1. The van der Waals surface area contributed by atoms with E-state index >= 15 is 0 Å². The van der Waals surface area contributed by atoms with Gasteiger partial charge in [-0.05, 0) is 38.7 Å². The zero-order valence-corrected chi connectivity index (χ0v) is 13.9. The van der Waals surface area contributed by atoms with Gasteiger partial charge in [-0.15, -0.1) is 11.6 Å². The van der Waals surface area contributed by atoms with Crippen molar-refractivity contribution in [1.82, 2.24) is 8.87 Å². The van der Waals surface area contributed by atoms with Crippen LogP contribution in [-0.2, 0) is 15.9 Å². The van der Waals surface area contributed by atoms with E-state index in [4.69, 9.17) is 11.6 Å². The van der Waals surface area contributed by atoms with Crippen molar-refractivity contribution in [3.63, 3.8) is 0 Å². The number of sulfonamides is 1. The lowest BCUT2D eigenvalue weighted by molar-refractivity contribution is 0.288. The molecule has 1 saturated heterocycles. The molecule has 0 bridgehead atoms. The highest BCUT2D eigenvalue weighted by Crippen LogP contribution is 2.26. The summed E-state index contributed by atoms with van der Waals surface area (Å²) in [5, 5.41) is 0. The third-order valence-corrected chi connectivity index (χ3v) is 6.12.